The zero-order valence-electron chi connectivity index (χ0n) is 11.2. The van der Waals surface area contributed by atoms with E-state index in [1.807, 2.05) is 25.7 Å². The summed E-state index contributed by atoms with van der Waals surface area (Å²) in [7, 11) is 1.89. The average Bonchev–Trinajstić information content (AvgIpc) is 2.64. The number of nitrogens with zero attached hydrogens (tertiary/aromatic N) is 3. The van der Waals surface area contributed by atoms with Crippen molar-refractivity contribution < 1.29 is 0 Å². The first-order valence-electron chi connectivity index (χ1n) is 6.38. The highest BCUT2D eigenvalue weighted by molar-refractivity contribution is 7.99. The smallest absolute Gasteiger partial charge is 0.142 e. The van der Waals surface area contributed by atoms with E-state index in [2.05, 4.69) is 22.7 Å². The van der Waals surface area contributed by atoms with Gasteiger partial charge in [0.25, 0.3) is 0 Å². The number of aromatic nitrogens is 2. The molecule has 0 aromatic carbocycles. The number of rotatable bonds is 3. The molecule has 0 spiro atoms. The van der Waals surface area contributed by atoms with E-state index < -0.39 is 0 Å². The van der Waals surface area contributed by atoms with E-state index in [9.17, 15) is 5.26 Å². The number of aryl methyl sites for hydroxylation is 2. The Morgan fingerprint density at radius 1 is 1.50 bits per heavy atom. The molecule has 0 saturated heterocycles. The number of nitrogens with one attached hydrogen (secondary N) is 1. The summed E-state index contributed by atoms with van der Waals surface area (Å²) < 4.78 is 1.79. The van der Waals surface area contributed by atoms with E-state index >= 15 is 0 Å². The maximum Gasteiger partial charge on any atom is 0.142 e. The average molecular weight is 264 g/mol. The van der Waals surface area contributed by atoms with Gasteiger partial charge in [-0.15, -0.1) is 0 Å². The van der Waals surface area contributed by atoms with E-state index in [0.717, 1.165) is 16.8 Å². The first kappa shape index (κ1) is 13.3. The van der Waals surface area contributed by atoms with Gasteiger partial charge in [-0.25, -0.2) is 0 Å². The Morgan fingerprint density at radius 3 is 2.94 bits per heavy atom. The van der Waals surface area contributed by atoms with Gasteiger partial charge in [-0.2, -0.15) is 22.1 Å². The van der Waals surface area contributed by atoms with Crippen LogP contribution in [0.15, 0.2) is 0 Å². The van der Waals surface area contributed by atoms with Crippen molar-refractivity contribution in [2.75, 3.05) is 11.6 Å². The van der Waals surface area contributed by atoms with Crippen molar-refractivity contribution in [3.05, 3.63) is 11.3 Å². The van der Waals surface area contributed by atoms with Crippen molar-refractivity contribution in [2.24, 2.45) is 7.05 Å². The molecule has 1 aromatic rings. The summed E-state index contributed by atoms with van der Waals surface area (Å²) in [5.41, 5.74) is 1.49. The van der Waals surface area contributed by atoms with Gasteiger partial charge in [0.05, 0.1) is 5.69 Å². The quantitative estimate of drug-likeness (QED) is 0.912. The number of hydrogen-bond donors (Lipinski definition) is 1. The minimum absolute atomic E-state index is 0.470. The zero-order chi connectivity index (χ0) is 13.1. The van der Waals surface area contributed by atoms with Crippen LogP contribution in [0.25, 0.3) is 0 Å². The van der Waals surface area contributed by atoms with Crippen molar-refractivity contribution in [1.82, 2.24) is 9.78 Å². The highest BCUT2D eigenvalue weighted by Crippen LogP contribution is 2.29. The van der Waals surface area contributed by atoms with Gasteiger partial charge in [0.1, 0.15) is 17.5 Å². The van der Waals surface area contributed by atoms with Gasteiger partial charge in [0, 0.05) is 18.3 Å². The summed E-state index contributed by atoms with van der Waals surface area (Å²) in [6.45, 7) is 1.88. The Morgan fingerprint density at radius 2 is 2.28 bits per heavy atom. The molecule has 18 heavy (non-hydrogen) atoms. The molecule has 0 radical (unpaired) electrons. The number of nitriles is 1. The molecule has 1 saturated carbocycles. The lowest BCUT2D eigenvalue weighted by Gasteiger charge is -2.29. The maximum atomic E-state index is 9.19. The molecule has 1 N–H and O–H groups in total. The molecule has 2 rings (SSSR count). The summed E-state index contributed by atoms with van der Waals surface area (Å²) >= 11 is 1.95. The lowest BCUT2D eigenvalue weighted by molar-refractivity contribution is 0.471. The lowest BCUT2D eigenvalue weighted by Crippen LogP contribution is -2.29. The van der Waals surface area contributed by atoms with Crippen molar-refractivity contribution >= 4 is 17.6 Å². The van der Waals surface area contributed by atoms with Crippen molar-refractivity contribution in [3.63, 3.8) is 0 Å². The van der Waals surface area contributed by atoms with Gasteiger partial charge in [0.15, 0.2) is 0 Å². The van der Waals surface area contributed by atoms with Crippen molar-refractivity contribution in [1.29, 1.82) is 5.26 Å². The molecule has 5 heteroatoms. The monoisotopic (exact) mass is 264 g/mol. The second kappa shape index (κ2) is 5.66. The predicted octanol–water partition coefficient (Wildman–Crippen LogP) is 2.69. The Bertz CT molecular complexity index is 460. The van der Waals surface area contributed by atoms with Crippen LogP contribution in [0.3, 0.4) is 0 Å². The minimum Gasteiger partial charge on any atom is -0.366 e. The second-order valence-electron chi connectivity index (χ2n) is 4.91. The molecule has 4 nitrogen and oxygen atoms in total. The van der Waals surface area contributed by atoms with Gasteiger partial charge in [-0.1, -0.05) is 6.42 Å². The van der Waals surface area contributed by atoms with E-state index in [0.29, 0.717) is 11.6 Å². The van der Waals surface area contributed by atoms with Crippen LogP contribution in [-0.4, -0.2) is 27.3 Å². The topological polar surface area (TPSA) is 53.6 Å². The van der Waals surface area contributed by atoms with Crippen molar-refractivity contribution in [2.45, 2.75) is 43.9 Å². The third-order valence-corrected chi connectivity index (χ3v) is 4.73. The first-order chi connectivity index (χ1) is 8.65. The Hall–Kier alpha value is -1.15. The normalized spacial score (nSPS) is 23.7. The highest BCUT2D eigenvalue weighted by atomic mass is 32.2. The van der Waals surface area contributed by atoms with Crippen LogP contribution in [0.2, 0.25) is 0 Å². The summed E-state index contributed by atoms with van der Waals surface area (Å²) in [5, 5.41) is 17.8. The van der Waals surface area contributed by atoms with Crippen molar-refractivity contribution in [3.8, 4) is 6.07 Å². The second-order valence-corrected chi connectivity index (χ2v) is 6.05. The Kier molecular flexibility index (Phi) is 4.18. The molecule has 1 aliphatic carbocycles. The van der Waals surface area contributed by atoms with Gasteiger partial charge in [-0.05, 0) is 32.4 Å². The van der Waals surface area contributed by atoms with Gasteiger partial charge in [-0.3, -0.25) is 4.68 Å². The third kappa shape index (κ3) is 2.64. The van der Waals surface area contributed by atoms with Crippen LogP contribution >= 0.6 is 11.8 Å². The van der Waals surface area contributed by atoms with Gasteiger partial charge in [0.2, 0.25) is 0 Å². The van der Waals surface area contributed by atoms with Gasteiger partial charge < -0.3 is 5.32 Å². The van der Waals surface area contributed by atoms with Crippen LogP contribution < -0.4 is 5.32 Å². The van der Waals surface area contributed by atoms with E-state index in [4.69, 9.17) is 0 Å². The fourth-order valence-electron chi connectivity index (χ4n) is 2.64. The SMILES string of the molecule is CSC1CCCC(Nc2c(C#N)c(C)nn2C)C1. The molecule has 2 unspecified atom stereocenters. The molecule has 98 valence electrons. The molecule has 1 heterocycles. The largest absolute Gasteiger partial charge is 0.366 e. The molecular formula is C13H20N4S. The van der Waals surface area contributed by atoms with Crippen LogP contribution in [0.5, 0.6) is 0 Å². The van der Waals surface area contributed by atoms with Crippen LogP contribution in [0.1, 0.15) is 36.9 Å². The molecule has 0 aliphatic heterocycles. The molecule has 1 aromatic heterocycles. The Balaban J connectivity index is 2.12. The molecular weight excluding hydrogens is 244 g/mol. The standard InChI is InChI=1S/C13H20N4S/c1-9-12(8-14)13(17(2)16-9)15-10-5-4-6-11(7-10)18-3/h10-11,15H,4-7H2,1-3H3. The fraction of sp³-hybridized carbons (Fsp3) is 0.692. The minimum atomic E-state index is 0.470. The predicted molar refractivity (Wildman–Crippen MR) is 75.8 cm³/mol. The number of hydrogen-bond acceptors (Lipinski definition) is 4. The van der Waals surface area contributed by atoms with Crippen LogP contribution in [-0.2, 0) is 7.05 Å². The summed E-state index contributed by atoms with van der Waals surface area (Å²) in [6.07, 6.45) is 7.13. The number of anilines is 1. The summed E-state index contributed by atoms with van der Waals surface area (Å²) in [5.74, 6) is 0.877. The summed E-state index contributed by atoms with van der Waals surface area (Å²) in [4.78, 5) is 0. The first-order valence-corrected chi connectivity index (χ1v) is 7.67. The van der Waals surface area contributed by atoms with Gasteiger partial charge >= 0.3 is 0 Å². The fourth-order valence-corrected chi connectivity index (χ4v) is 3.47. The molecule has 1 fully saturated rings. The van der Waals surface area contributed by atoms with Crippen LogP contribution in [0, 0.1) is 18.3 Å². The maximum absolute atomic E-state index is 9.19. The molecule has 2 atom stereocenters. The van der Waals surface area contributed by atoms with E-state index in [-0.39, 0.29) is 0 Å². The molecule has 0 amide bonds. The summed E-state index contributed by atoms with van der Waals surface area (Å²) in [6, 6.07) is 2.72. The molecule has 1 aliphatic rings. The van der Waals surface area contributed by atoms with Crippen LogP contribution in [0.4, 0.5) is 5.82 Å². The Labute approximate surface area is 113 Å². The number of thioether (sulfide) groups is 1. The highest BCUT2D eigenvalue weighted by Gasteiger charge is 2.23. The third-order valence-electron chi connectivity index (χ3n) is 3.63. The zero-order valence-corrected chi connectivity index (χ0v) is 12.0. The van der Waals surface area contributed by atoms with E-state index in [1.54, 1.807) is 4.68 Å². The lowest BCUT2D eigenvalue weighted by atomic mass is 9.95. The van der Waals surface area contributed by atoms with E-state index in [1.165, 1.54) is 25.7 Å². The molecule has 0 bridgehead atoms.